The van der Waals surface area contributed by atoms with Crippen LogP contribution in [0.2, 0.25) is 0 Å². The Kier molecular flexibility index (Phi) is 2.94. The fourth-order valence-corrected chi connectivity index (χ4v) is 2.57. The Hall–Kier alpha value is -0.300. The van der Waals surface area contributed by atoms with Gasteiger partial charge in [0.15, 0.2) is 0 Å². The van der Waals surface area contributed by atoms with Gasteiger partial charge in [0.2, 0.25) is 0 Å². The maximum atomic E-state index is 9.67. The van der Waals surface area contributed by atoms with Gasteiger partial charge in [-0.15, -0.1) is 0 Å². The average molecular weight is 168 g/mol. The summed E-state index contributed by atoms with van der Waals surface area (Å²) in [7, 11) is 0. The summed E-state index contributed by atoms with van der Waals surface area (Å²) in [6.45, 7) is 10.5. The first-order valence-electron chi connectivity index (χ1n) is 4.87. The number of hydrogen-bond donors (Lipinski definition) is 1. The van der Waals surface area contributed by atoms with Crippen LogP contribution in [-0.2, 0) is 0 Å². The molecule has 0 aliphatic heterocycles. The zero-order valence-electron chi connectivity index (χ0n) is 8.38. The molecule has 0 aromatic heterocycles. The standard InChI is InChI=1S/C11H20O/c1-7(2)11-8(3)5-6-10(12)9(11)4/h8-12H,1,5-6H2,2-4H3. The SMILES string of the molecule is C=C(C)C1C(C)CCC(O)C1C. The third kappa shape index (κ3) is 1.71. The Morgan fingerprint density at radius 2 is 1.92 bits per heavy atom. The molecule has 0 saturated heterocycles. The molecule has 1 heteroatoms. The smallest absolute Gasteiger partial charge is 0.0571 e. The fourth-order valence-electron chi connectivity index (χ4n) is 2.57. The van der Waals surface area contributed by atoms with E-state index in [4.69, 9.17) is 0 Å². The maximum Gasteiger partial charge on any atom is 0.0571 e. The molecule has 0 spiro atoms. The Labute approximate surface area is 75.5 Å². The van der Waals surface area contributed by atoms with E-state index in [2.05, 4.69) is 27.4 Å². The van der Waals surface area contributed by atoms with Crippen LogP contribution in [0.1, 0.15) is 33.6 Å². The van der Waals surface area contributed by atoms with Gasteiger partial charge in [0.25, 0.3) is 0 Å². The van der Waals surface area contributed by atoms with Gasteiger partial charge in [0.05, 0.1) is 6.10 Å². The summed E-state index contributed by atoms with van der Waals surface area (Å²) in [5, 5.41) is 9.67. The van der Waals surface area contributed by atoms with Crippen LogP contribution in [0.3, 0.4) is 0 Å². The van der Waals surface area contributed by atoms with E-state index in [-0.39, 0.29) is 6.10 Å². The van der Waals surface area contributed by atoms with E-state index < -0.39 is 0 Å². The highest BCUT2D eigenvalue weighted by atomic mass is 16.3. The van der Waals surface area contributed by atoms with Crippen molar-refractivity contribution in [1.82, 2.24) is 0 Å². The van der Waals surface area contributed by atoms with E-state index in [1.165, 1.54) is 5.57 Å². The fraction of sp³-hybridized carbons (Fsp3) is 0.818. The average Bonchev–Trinajstić information content (AvgIpc) is 1.97. The second-order valence-corrected chi connectivity index (χ2v) is 4.35. The van der Waals surface area contributed by atoms with Crippen LogP contribution < -0.4 is 0 Å². The van der Waals surface area contributed by atoms with Gasteiger partial charge < -0.3 is 5.11 Å². The molecule has 0 heterocycles. The molecule has 1 N–H and O–H groups in total. The molecule has 0 amide bonds. The van der Waals surface area contributed by atoms with Crippen molar-refractivity contribution < 1.29 is 5.11 Å². The third-order valence-electron chi connectivity index (χ3n) is 3.27. The molecule has 0 aromatic carbocycles. The number of allylic oxidation sites excluding steroid dienone is 1. The molecule has 1 aliphatic rings. The van der Waals surface area contributed by atoms with Crippen molar-refractivity contribution in [2.75, 3.05) is 0 Å². The van der Waals surface area contributed by atoms with E-state index >= 15 is 0 Å². The molecule has 12 heavy (non-hydrogen) atoms. The summed E-state index contributed by atoms with van der Waals surface area (Å²) in [5.74, 6) is 1.61. The Bertz CT molecular complexity index is 174. The predicted octanol–water partition coefficient (Wildman–Crippen LogP) is 2.61. The van der Waals surface area contributed by atoms with Crippen molar-refractivity contribution in [2.45, 2.75) is 39.7 Å². The predicted molar refractivity (Wildman–Crippen MR) is 51.9 cm³/mol. The van der Waals surface area contributed by atoms with E-state index in [0.29, 0.717) is 17.8 Å². The molecule has 4 atom stereocenters. The normalized spacial score (nSPS) is 42.7. The Balaban J connectivity index is 2.71. The van der Waals surface area contributed by atoms with Gasteiger partial charge in [0, 0.05) is 0 Å². The van der Waals surface area contributed by atoms with E-state index in [0.717, 1.165) is 12.8 Å². The van der Waals surface area contributed by atoms with E-state index in [9.17, 15) is 5.11 Å². The molecule has 1 aliphatic carbocycles. The molecular formula is C11H20O. The number of aliphatic hydroxyl groups is 1. The minimum Gasteiger partial charge on any atom is -0.393 e. The second-order valence-electron chi connectivity index (χ2n) is 4.35. The monoisotopic (exact) mass is 168 g/mol. The maximum absolute atomic E-state index is 9.67. The largest absolute Gasteiger partial charge is 0.393 e. The third-order valence-corrected chi connectivity index (χ3v) is 3.27. The molecule has 1 saturated carbocycles. The summed E-state index contributed by atoms with van der Waals surface area (Å²) < 4.78 is 0. The molecule has 0 radical (unpaired) electrons. The summed E-state index contributed by atoms with van der Waals surface area (Å²) in [4.78, 5) is 0. The lowest BCUT2D eigenvalue weighted by molar-refractivity contribution is 0.0297. The highest BCUT2D eigenvalue weighted by molar-refractivity contribution is 5.03. The van der Waals surface area contributed by atoms with Crippen LogP contribution in [0.15, 0.2) is 12.2 Å². The van der Waals surface area contributed by atoms with Gasteiger partial charge in [0.1, 0.15) is 0 Å². The van der Waals surface area contributed by atoms with Crippen molar-refractivity contribution in [2.24, 2.45) is 17.8 Å². The summed E-state index contributed by atoms with van der Waals surface area (Å²) >= 11 is 0. The first-order chi connectivity index (χ1) is 5.54. The molecule has 70 valence electrons. The summed E-state index contributed by atoms with van der Waals surface area (Å²) in [6.07, 6.45) is 2.00. The number of rotatable bonds is 1. The van der Waals surface area contributed by atoms with Crippen LogP contribution in [-0.4, -0.2) is 11.2 Å². The molecule has 1 fully saturated rings. The minimum atomic E-state index is -0.108. The highest BCUT2D eigenvalue weighted by Crippen LogP contribution is 2.38. The lowest BCUT2D eigenvalue weighted by Crippen LogP contribution is -2.35. The molecule has 1 rings (SSSR count). The quantitative estimate of drug-likeness (QED) is 0.597. The van der Waals surface area contributed by atoms with Gasteiger partial charge in [-0.1, -0.05) is 26.0 Å². The molecule has 0 bridgehead atoms. The van der Waals surface area contributed by atoms with Crippen molar-refractivity contribution in [3.05, 3.63) is 12.2 Å². The van der Waals surface area contributed by atoms with Gasteiger partial charge in [-0.25, -0.2) is 0 Å². The second kappa shape index (κ2) is 3.61. The van der Waals surface area contributed by atoms with Crippen molar-refractivity contribution in [3.8, 4) is 0 Å². The summed E-state index contributed by atoms with van der Waals surface area (Å²) in [6, 6.07) is 0. The van der Waals surface area contributed by atoms with Crippen LogP contribution in [0.25, 0.3) is 0 Å². The van der Waals surface area contributed by atoms with Gasteiger partial charge in [-0.3, -0.25) is 0 Å². The van der Waals surface area contributed by atoms with Crippen LogP contribution in [0.5, 0.6) is 0 Å². The van der Waals surface area contributed by atoms with Crippen molar-refractivity contribution in [3.63, 3.8) is 0 Å². The van der Waals surface area contributed by atoms with Crippen molar-refractivity contribution in [1.29, 1.82) is 0 Å². The van der Waals surface area contributed by atoms with E-state index in [1.54, 1.807) is 0 Å². The zero-order chi connectivity index (χ0) is 9.30. The minimum absolute atomic E-state index is 0.108. The highest BCUT2D eigenvalue weighted by Gasteiger charge is 2.33. The van der Waals surface area contributed by atoms with Gasteiger partial charge in [-0.2, -0.15) is 0 Å². The Morgan fingerprint density at radius 3 is 2.33 bits per heavy atom. The first-order valence-corrected chi connectivity index (χ1v) is 4.87. The molecular weight excluding hydrogens is 148 g/mol. The lowest BCUT2D eigenvalue weighted by atomic mass is 9.69. The first kappa shape index (κ1) is 9.79. The van der Waals surface area contributed by atoms with Gasteiger partial charge >= 0.3 is 0 Å². The molecule has 4 unspecified atom stereocenters. The van der Waals surface area contributed by atoms with Crippen molar-refractivity contribution >= 4 is 0 Å². The van der Waals surface area contributed by atoms with Crippen LogP contribution in [0, 0.1) is 17.8 Å². The number of aliphatic hydroxyl groups excluding tert-OH is 1. The van der Waals surface area contributed by atoms with Gasteiger partial charge in [-0.05, 0) is 37.5 Å². The lowest BCUT2D eigenvalue weighted by Gasteiger charge is -2.38. The molecule has 1 nitrogen and oxygen atoms in total. The summed E-state index contributed by atoms with van der Waals surface area (Å²) in [5.41, 5.74) is 1.23. The van der Waals surface area contributed by atoms with Crippen LogP contribution in [0.4, 0.5) is 0 Å². The van der Waals surface area contributed by atoms with E-state index in [1.807, 2.05) is 0 Å². The van der Waals surface area contributed by atoms with Crippen LogP contribution >= 0.6 is 0 Å². The molecule has 0 aromatic rings. The Morgan fingerprint density at radius 1 is 1.33 bits per heavy atom. The topological polar surface area (TPSA) is 20.2 Å². The zero-order valence-corrected chi connectivity index (χ0v) is 8.38. The number of hydrogen-bond acceptors (Lipinski definition) is 1.